The van der Waals surface area contributed by atoms with Gasteiger partial charge in [0.05, 0.1) is 23.4 Å². The van der Waals surface area contributed by atoms with Gasteiger partial charge in [-0.1, -0.05) is 6.07 Å². The van der Waals surface area contributed by atoms with E-state index in [1.807, 2.05) is 0 Å². The van der Waals surface area contributed by atoms with Crippen LogP contribution in [-0.2, 0) is 28.1 Å². The van der Waals surface area contributed by atoms with Crippen LogP contribution in [0.15, 0.2) is 18.2 Å². The largest absolute Gasteiger partial charge is 0.416 e. The third kappa shape index (κ3) is 5.94. The summed E-state index contributed by atoms with van der Waals surface area (Å²) in [6.45, 7) is -1.32. The first kappa shape index (κ1) is 19.6. The molecule has 1 aromatic carbocycles. The standard InChI is InChI=1S/C11H9F8NO2S/c12-9(13)4-20-23(21,22)5-6-1-2-7(10(14,15)16)3-8(6)11(17,18)19/h1-3,9,20H,4-5H2. The molecule has 0 radical (unpaired) electrons. The average Bonchev–Trinajstić information content (AvgIpc) is 2.34. The van der Waals surface area contributed by atoms with Crippen LogP contribution in [0.1, 0.15) is 16.7 Å². The van der Waals surface area contributed by atoms with Crippen LogP contribution in [-0.4, -0.2) is 21.4 Å². The van der Waals surface area contributed by atoms with E-state index in [0.717, 1.165) is 0 Å². The van der Waals surface area contributed by atoms with Gasteiger partial charge in [0.25, 0.3) is 6.43 Å². The molecule has 132 valence electrons. The Labute approximate surface area is 125 Å². The second-order valence-electron chi connectivity index (χ2n) is 4.37. The highest BCUT2D eigenvalue weighted by Gasteiger charge is 2.38. The number of benzene rings is 1. The van der Waals surface area contributed by atoms with E-state index in [1.54, 1.807) is 0 Å². The van der Waals surface area contributed by atoms with Crippen LogP contribution in [0.3, 0.4) is 0 Å². The minimum atomic E-state index is -5.24. The van der Waals surface area contributed by atoms with E-state index in [0.29, 0.717) is 6.07 Å². The Morgan fingerprint density at radius 2 is 1.57 bits per heavy atom. The lowest BCUT2D eigenvalue weighted by Gasteiger charge is -2.16. The molecule has 0 aliphatic heterocycles. The maximum Gasteiger partial charge on any atom is 0.416 e. The molecule has 0 unspecified atom stereocenters. The van der Waals surface area contributed by atoms with Crippen LogP contribution < -0.4 is 4.72 Å². The van der Waals surface area contributed by atoms with Crippen LogP contribution in [0.5, 0.6) is 0 Å². The fourth-order valence-electron chi connectivity index (χ4n) is 1.59. The quantitative estimate of drug-likeness (QED) is 0.807. The summed E-state index contributed by atoms with van der Waals surface area (Å²) < 4.78 is 124. The summed E-state index contributed by atoms with van der Waals surface area (Å²) in [5.41, 5.74) is -4.38. The fourth-order valence-corrected chi connectivity index (χ4v) is 2.73. The van der Waals surface area contributed by atoms with Crippen LogP contribution in [0.4, 0.5) is 35.1 Å². The number of halogens is 8. The van der Waals surface area contributed by atoms with Crippen molar-refractivity contribution in [2.75, 3.05) is 6.54 Å². The highest BCUT2D eigenvalue weighted by atomic mass is 32.2. The van der Waals surface area contributed by atoms with Crippen molar-refractivity contribution in [3.05, 3.63) is 34.9 Å². The lowest BCUT2D eigenvalue weighted by molar-refractivity contribution is -0.143. The Morgan fingerprint density at radius 3 is 2.00 bits per heavy atom. The van der Waals surface area contributed by atoms with Crippen LogP contribution in [0, 0.1) is 0 Å². The molecule has 3 nitrogen and oxygen atoms in total. The molecule has 12 heteroatoms. The van der Waals surface area contributed by atoms with Crippen molar-refractivity contribution in [3.8, 4) is 0 Å². The van der Waals surface area contributed by atoms with Gasteiger partial charge in [-0.05, 0) is 17.7 Å². The zero-order valence-electron chi connectivity index (χ0n) is 11.0. The van der Waals surface area contributed by atoms with Gasteiger partial charge >= 0.3 is 12.4 Å². The monoisotopic (exact) mass is 371 g/mol. The highest BCUT2D eigenvalue weighted by molar-refractivity contribution is 7.88. The predicted octanol–water partition coefficient (Wildman–Crippen LogP) is 3.41. The number of hydrogen-bond acceptors (Lipinski definition) is 2. The summed E-state index contributed by atoms with van der Waals surface area (Å²) in [5.74, 6) is -1.38. The molecule has 0 aromatic heterocycles. The highest BCUT2D eigenvalue weighted by Crippen LogP contribution is 2.37. The summed E-state index contributed by atoms with van der Waals surface area (Å²) in [6, 6.07) is 0.415. The van der Waals surface area contributed by atoms with Gasteiger partial charge in [0.2, 0.25) is 10.0 Å². The van der Waals surface area contributed by atoms with Gasteiger partial charge < -0.3 is 0 Å². The Kier molecular flexibility index (Phi) is 5.62. The molecule has 0 saturated carbocycles. The van der Waals surface area contributed by atoms with E-state index in [-0.39, 0.29) is 12.1 Å². The molecule has 23 heavy (non-hydrogen) atoms. The van der Waals surface area contributed by atoms with E-state index in [1.165, 1.54) is 4.72 Å². The fraction of sp³-hybridized carbons (Fsp3) is 0.455. The third-order valence-electron chi connectivity index (χ3n) is 2.55. The second kappa shape index (κ2) is 6.59. The molecule has 0 heterocycles. The number of hydrogen-bond donors (Lipinski definition) is 1. The first-order chi connectivity index (χ1) is 10.2. The van der Waals surface area contributed by atoms with E-state index < -0.39 is 57.8 Å². The van der Waals surface area contributed by atoms with E-state index in [4.69, 9.17) is 0 Å². The van der Waals surface area contributed by atoms with Crippen molar-refractivity contribution >= 4 is 10.0 Å². The molecule has 1 N–H and O–H groups in total. The summed E-state index contributed by atoms with van der Waals surface area (Å²) in [4.78, 5) is 0. The van der Waals surface area contributed by atoms with E-state index >= 15 is 0 Å². The Morgan fingerprint density at radius 1 is 1.00 bits per heavy atom. The normalized spacial score (nSPS) is 13.6. The summed E-state index contributed by atoms with van der Waals surface area (Å²) in [6.07, 6.45) is -13.4. The van der Waals surface area contributed by atoms with E-state index in [2.05, 4.69) is 0 Å². The van der Waals surface area contributed by atoms with Crippen molar-refractivity contribution in [2.45, 2.75) is 24.5 Å². The smallest absolute Gasteiger partial charge is 0.212 e. The first-order valence-electron chi connectivity index (χ1n) is 5.75. The summed E-state index contributed by atoms with van der Waals surface area (Å²) in [7, 11) is -4.57. The molecule has 0 aliphatic rings. The molecule has 1 aromatic rings. The van der Waals surface area contributed by atoms with Gasteiger partial charge in [0, 0.05) is 0 Å². The molecule has 0 spiro atoms. The molecule has 0 atom stereocenters. The molecular formula is C11H9F8NO2S. The topological polar surface area (TPSA) is 46.2 Å². The van der Waals surface area contributed by atoms with E-state index in [9.17, 15) is 43.5 Å². The van der Waals surface area contributed by atoms with Crippen LogP contribution >= 0.6 is 0 Å². The molecule has 0 amide bonds. The molecule has 0 fully saturated rings. The maximum absolute atomic E-state index is 12.8. The van der Waals surface area contributed by atoms with Crippen LogP contribution in [0.2, 0.25) is 0 Å². The second-order valence-corrected chi connectivity index (χ2v) is 6.17. The zero-order valence-corrected chi connectivity index (χ0v) is 11.8. The molecule has 1 rings (SSSR count). The zero-order chi connectivity index (χ0) is 18.1. The van der Waals surface area contributed by atoms with Gasteiger partial charge in [-0.25, -0.2) is 21.9 Å². The van der Waals surface area contributed by atoms with Crippen molar-refractivity contribution in [3.63, 3.8) is 0 Å². The molecule has 0 bridgehead atoms. The van der Waals surface area contributed by atoms with Crippen molar-refractivity contribution in [1.29, 1.82) is 0 Å². The van der Waals surface area contributed by atoms with Gasteiger partial charge in [-0.3, -0.25) is 0 Å². The SMILES string of the molecule is O=S(=O)(Cc1ccc(C(F)(F)F)cc1C(F)(F)F)NCC(F)F. The lowest BCUT2D eigenvalue weighted by Crippen LogP contribution is -2.30. The Hall–Kier alpha value is -1.43. The average molecular weight is 371 g/mol. The maximum atomic E-state index is 12.8. The summed E-state index contributed by atoms with van der Waals surface area (Å²) >= 11 is 0. The van der Waals surface area contributed by atoms with Crippen molar-refractivity contribution in [2.24, 2.45) is 0 Å². The number of sulfonamides is 1. The molecular weight excluding hydrogens is 362 g/mol. The number of alkyl halides is 8. The minimum Gasteiger partial charge on any atom is -0.212 e. The minimum absolute atomic E-state index is 0.224. The van der Waals surface area contributed by atoms with Crippen molar-refractivity contribution in [1.82, 2.24) is 4.72 Å². The van der Waals surface area contributed by atoms with Crippen molar-refractivity contribution < 1.29 is 43.5 Å². The number of rotatable bonds is 5. The summed E-state index contributed by atoms with van der Waals surface area (Å²) in [5, 5.41) is 0. The molecule has 0 saturated heterocycles. The molecule has 0 aliphatic carbocycles. The number of nitrogens with one attached hydrogen (secondary N) is 1. The Balaban J connectivity index is 3.21. The van der Waals surface area contributed by atoms with Gasteiger partial charge in [-0.2, -0.15) is 26.3 Å². The third-order valence-corrected chi connectivity index (χ3v) is 3.84. The lowest BCUT2D eigenvalue weighted by atomic mass is 10.0. The predicted molar refractivity (Wildman–Crippen MR) is 63.1 cm³/mol. The van der Waals surface area contributed by atoms with Gasteiger partial charge in [0.15, 0.2) is 0 Å². The van der Waals surface area contributed by atoms with Gasteiger partial charge in [-0.15, -0.1) is 0 Å². The van der Waals surface area contributed by atoms with Crippen LogP contribution in [0.25, 0.3) is 0 Å². The first-order valence-corrected chi connectivity index (χ1v) is 7.40. The van der Waals surface area contributed by atoms with Gasteiger partial charge in [0.1, 0.15) is 0 Å². The Bertz CT molecular complexity index is 651.